The van der Waals surface area contributed by atoms with Crippen molar-refractivity contribution in [3.05, 3.63) is 95.2 Å². The molecule has 8 aliphatic rings. The molecule has 30 atom stereocenters. The van der Waals surface area contributed by atoms with Gasteiger partial charge in [-0.2, -0.15) is 0 Å². The Bertz CT molecular complexity index is 3870. The first-order chi connectivity index (χ1) is 64.6. The Morgan fingerprint density at radius 2 is 0.794 bits per heavy atom. The first-order valence-corrected chi connectivity index (χ1v) is 50.0. The summed E-state index contributed by atoms with van der Waals surface area (Å²) in [5.74, 6) is -15.9. The third kappa shape index (κ3) is 32.6. The zero-order chi connectivity index (χ0) is 101. The van der Waals surface area contributed by atoms with E-state index in [-0.39, 0.29) is 148 Å². The number of Topliss-reactive ketones (excluding diaryl/α,β-unsaturated/α-hetero) is 6. The van der Waals surface area contributed by atoms with Gasteiger partial charge >= 0.3 is 11.9 Å². The van der Waals surface area contributed by atoms with E-state index in [0.717, 1.165) is 24.0 Å². The Balaban J connectivity index is 0.000000371. The number of aliphatic hydroxyl groups is 6. The molecule has 768 valence electrons. The lowest BCUT2D eigenvalue weighted by atomic mass is 9.78. The second-order valence-corrected chi connectivity index (χ2v) is 40.3. The quantitative estimate of drug-likeness (QED) is 0.0422. The number of carbonyl (C=O) groups is 10. The van der Waals surface area contributed by atoms with E-state index in [0.29, 0.717) is 127 Å². The van der Waals surface area contributed by atoms with Gasteiger partial charge < -0.3 is 97.3 Å². The molecule has 0 radical (unpaired) electrons. The van der Waals surface area contributed by atoms with Crippen molar-refractivity contribution >= 4 is 58.5 Å². The molecular weight excluding hydrogens is 1750 g/mol. The zero-order valence-corrected chi connectivity index (χ0v) is 84.9. The normalized spacial score (nSPS) is 37.9. The highest BCUT2D eigenvalue weighted by molar-refractivity contribution is 6.39. The second-order valence-electron chi connectivity index (χ2n) is 40.3. The number of cyclic esters (lactones) is 2. The fraction of sp³-hybridized carbons (Fsp3) is 0.755. The van der Waals surface area contributed by atoms with Gasteiger partial charge in [0, 0.05) is 117 Å². The Morgan fingerprint density at radius 1 is 0.426 bits per heavy atom. The van der Waals surface area contributed by atoms with Crippen LogP contribution in [0.5, 0.6) is 0 Å². The Morgan fingerprint density at radius 3 is 1.13 bits per heavy atom. The number of rotatable bonds is 18. The minimum absolute atomic E-state index is 0.0158. The second kappa shape index (κ2) is 56.7. The molecule has 2 aliphatic carbocycles. The molecule has 6 N–H and O–H groups in total. The van der Waals surface area contributed by atoms with Crippen LogP contribution in [0.4, 0.5) is 0 Å². The number of ketones is 6. The van der Waals surface area contributed by atoms with Crippen LogP contribution in [0.25, 0.3) is 0 Å². The lowest BCUT2D eigenvalue weighted by Crippen LogP contribution is -2.61. The average Bonchev–Trinajstić information content (AvgIpc) is 0.774. The number of esters is 2. The van der Waals surface area contributed by atoms with E-state index >= 15 is 0 Å². The lowest BCUT2D eigenvalue weighted by molar-refractivity contribution is -0.265. The predicted molar refractivity (Wildman–Crippen MR) is 512 cm³/mol. The lowest BCUT2D eigenvalue weighted by Gasteiger charge is -2.42. The van der Waals surface area contributed by atoms with Crippen LogP contribution in [0.3, 0.4) is 0 Å². The van der Waals surface area contributed by atoms with Gasteiger partial charge in [0.1, 0.15) is 60.3 Å². The molecule has 0 aromatic carbocycles. The molecule has 4 saturated heterocycles. The Labute approximate surface area is 808 Å². The van der Waals surface area contributed by atoms with Gasteiger partial charge in [0.05, 0.1) is 75.3 Å². The number of ether oxygens (including phenoxy) is 12. The van der Waals surface area contributed by atoms with Crippen LogP contribution < -0.4 is 0 Å². The average molecular weight is 1920 g/mol. The number of hydrogen-bond acceptors (Lipinski definition) is 28. The summed E-state index contributed by atoms with van der Waals surface area (Å²) in [6, 6.07) is -2.29. The van der Waals surface area contributed by atoms with Crippen LogP contribution in [0.1, 0.15) is 251 Å². The summed E-state index contributed by atoms with van der Waals surface area (Å²) in [4.78, 5) is 144. The molecular formula is C106H166N2O28. The summed E-state index contributed by atoms with van der Waals surface area (Å²) in [7, 11) is 9.17. The molecule has 30 nitrogen and oxygen atoms in total. The highest BCUT2D eigenvalue weighted by Crippen LogP contribution is 2.43. The maximum Gasteiger partial charge on any atom is 0.329 e. The number of piperidine rings is 2. The van der Waals surface area contributed by atoms with Crippen LogP contribution in [-0.4, -0.2) is 290 Å². The zero-order valence-electron chi connectivity index (χ0n) is 84.9. The van der Waals surface area contributed by atoms with Crippen molar-refractivity contribution in [3.8, 4) is 0 Å². The standard InChI is InChI=1S/2C53H83NO14/c2*1-32-16-12-11-13-17-33(2)44(63-8)30-40-21-19-38(7)53(62,68-40)50(59)51(60)54-23-15-14-18-41(54)52(61)67-45(35(4)28-39-20-22-43(66-25-24-55)46(29-39)64-9)31-42(56)34(3)27-37(6)48(58)49(65-10)47(57)36(5)26-32/h2*11-13,16-17,27,32,34-36,38-41,43-46,48-49,55,58,62H,14-15,18-26,28-31H2,1-10H3/b2*13-11?,16-12+,33-17?,37-27+/t2*32-,34-,35-,36-,38-,39+,40+,41+,43-,44+,45+,46-,48-,49+,53-/m11/s1. The number of carbonyl (C=O) groups excluding carboxylic acids is 10. The molecule has 0 aromatic heterocycles. The highest BCUT2D eigenvalue weighted by Gasteiger charge is 2.56. The number of allylic oxidation sites excluding steroid dienone is 12. The van der Waals surface area contributed by atoms with Crippen LogP contribution in [0, 0.1) is 71.0 Å². The van der Waals surface area contributed by atoms with E-state index in [2.05, 4.69) is 0 Å². The molecule has 136 heavy (non-hydrogen) atoms. The summed E-state index contributed by atoms with van der Waals surface area (Å²) in [5.41, 5.74) is 2.53. The third-order valence-corrected chi connectivity index (χ3v) is 29.8. The molecule has 6 aliphatic heterocycles. The van der Waals surface area contributed by atoms with Crippen molar-refractivity contribution in [1.29, 1.82) is 0 Å². The number of nitrogens with zero attached hydrogens (tertiary/aromatic N) is 2. The van der Waals surface area contributed by atoms with Crippen LogP contribution in [-0.2, 0) is 105 Å². The summed E-state index contributed by atoms with van der Waals surface area (Å²) in [5, 5.41) is 65.6. The molecule has 6 fully saturated rings. The predicted octanol–water partition coefficient (Wildman–Crippen LogP) is 12.4. The molecule has 2 saturated carbocycles. The van der Waals surface area contributed by atoms with Gasteiger partial charge in [0.25, 0.3) is 23.4 Å². The van der Waals surface area contributed by atoms with Crippen LogP contribution in [0.15, 0.2) is 95.2 Å². The van der Waals surface area contributed by atoms with Gasteiger partial charge in [-0.25, -0.2) is 9.59 Å². The van der Waals surface area contributed by atoms with Crippen molar-refractivity contribution in [2.75, 3.05) is 82.2 Å². The molecule has 0 aromatic rings. The maximum atomic E-state index is 14.5. The van der Waals surface area contributed by atoms with Crippen molar-refractivity contribution in [3.63, 3.8) is 0 Å². The summed E-state index contributed by atoms with van der Waals surface area (Å²) in [6.45, 7) is 25.7. The van der Waals surface area contributed by atoms with Crippen molar-refractivity contribution in [1.82, 2.24) is 9.80 Å². The fourth-order valence-corrected chi connectivity index (χ4v) is 21.0. The Hall–Kier alpha value is -6.82. The highest BCUT2D eigenvalue weighted by atomic mass is 16.6. The molecule has 2 amide bonds. The van der Waals surface area contributed by atoms with E-state index in [9.17, 15) is 78.6 Å². The van der Waals surface area contributed by atoms with E-state index < -0.39 is 156 Å². The van der Waals surface area contributed by atoms with Gasteiger partial charge in [-0.3, -0.25) is 38.4 Å². The monoisotopic (exact) mass is 1920 g/mol. The first-order valence-electron chi connectivity index (χ1n) is 50.0. The van der Waals surface area contributed by atoms with Crippen molar-refractivity contribution < 1.29 is 135 Å². The van der Waals surface area contributed by atoms with Crippen molar-refractivity contribution in [2.24, 2.45) is 71.0 Å². The smallest absolute Gasteiger partial charge is 0.329 e. The number of methoxy groups -OCH3 is 6. The Kier molecular flexibility index (Phi) is 48.4. The minimum atomic E-state index is -2.43. The molecule has 0 spiro atoms. The van der Waals surface area contributed by atoms with E-state index in [1.54, 1.807) is 82.1 Å². The van der Waals surface area contributed by atoms with Gasteiger partial charge in [0.15, 0.2) is 11.6 Å². The summed E-state index contributed by atoms with van der Waals surface area (Å²) in [6.07, 6.45) is 24.0. The summed E-state index contributed by atoms with van der Waals surface area (Å²) >= 11 is 0. The van der Waals surface area contributed by atoms with Crippen molar-refractivity contribution in [2.45, 2.75) is 360 Å². The number of amides is 2. The fourth-order valence-electron chi connectivity index (χ4n) is 21.0. The third-order valence-electron chi connectivity index (χ3n) is 29.8. The maximum absolute atomic E-state index is 14.5. The van der Waals surface area contributed by atoms with Gasteiger partial charge in [-0.05, 0) is 214 Å². The number of aliphatic hydroxyl groups excluding tert-OH is 4. The van der Waals surface area contributed by atoms with Gasteiger partial charge in [-0.1, -0.05) is 142 Å². The summed E-state index contributed by atoms with van der Waals surface area (Å²) < 4.78 is 71.1. The van der Waals surface area contributed by atoms with E-state index in [4.69, 9.17) is 56.8 Å². The van der Waals surface area contributed by atoms with Gasteiger partial charge in [-0.15, -0.1) is 0 Å². The number of hydrogen-bond donors (Lipinski definition) is 6. The van der Waals surface area contributed by atoms with E-state index in [1.807, 2.05) is 116 Å². The minimum Gasteiger partial charge on any atom is -0.460 e. The SMILES string of the molecule is CO[C@H]1C[C@@H]2CC[C@@H](C)[C@@](O)(O2)C(=O)C(=O)N2CCCC[C@H]2C(=O)O[C@H]([C@H](C)C[C@@H]2CC[C@@H](OCCO)[C@H](OC)C2)CC(=O)[C@H](C)/C=C(\C)[C@@H](O)[C@@H](OC)C(=O)[C@H](C)C[C@H](C)/C=C/C=CC=C1C.CO[C@H]1C[C@@H]2CC[C@@H](C)[C@@](O)(O2)C(=O)C(=O)N2CCCC[C@H]2C(=O)O[C@H]([C@H](C)C[C@@H]2CC[C@@H](OCCO)[C@H](OC)C2)CC(=O)[C@H](C)/C=C(\C)[C@@H](O)[C@@H](OC)C(=O)[C@H](C)C[C@H](C)/C=C/C=CC=C1C. The van der Waals surface area contributed by atoms with Gasteiger partial charge in [0.2, 0.25) is 11.6 Å². The molecule has 6 heterocycles. The van der Waals surface area contributed by atoms with Crippen LogP contribution in [0.2, 0.25) is 0 Å². The largest absolute Gasteiger partial charge is 0.460 e. The number of fused-ring (bicyclic) bond motifs is 6. The van der Waals surface area contributed by atoms with Crippen LogP contribution >= 0.6 is 0 Å². The first kappa shape index (κ1) is 116. The topological polar surface area (TPSA) is 409 Å². The molecule has 0 unspecified atom stereocenters. The molecule has 30 heteroatoms. The molecule has 4 bridgehead atoms. The molecule has 8 rings (SSSR count). The van der Waals surface area contributed by atoms with E-state index in [1.165, 1.54) is 24.0 Å².